The van der Waals surface area contributed by atoms with Gasteiger partial charge in [-0.25, -0.2) is 14.0 Å². The second-order valence-electron chi connectivity index (χ2n) is 9.40. The summed E-state index contributed by atoms with van der Waals surface area (Å²) < 4.78 is 35.4. The molecule has 0 bridgehead atoms. The Morgan fingerprint density at radius 2 is 1.88 bits per heavy atom. The number of urea groups is 1. The zero-order chi connectivity index (χ0) is 30.8. The van der Waals surface area contributed by atoms with Crippen molar-refractivity contribution in [2.24, 2.45) is 5.10 Å². The van der Waals surface area contributed by atoms with Gasteiger partial charge >= 0.3 is 12.0 Å². The lowest BCUT2D eigenvalue weighted by Gasteiger charge is -2.28. The van der Waals surface area contributed by atoms with Gasteiger partial charge in [-0.05, 0) is 79.1 Å². The van der Waals surface area contributed by atoms with Crippen LogP contribution in [0.25, 0.3) is 0 Å². The number of aliphatic hydroxyl groups is 1. The van der Waals surface area contributed by atoms with Crippen LogP contribution < -0.4 is 30.3 Å². The van der Waals surface area contributed by atoms with E-state index in [-0.39, 0.29) is 24.6 Å². The van der Waals surface area contributed by atoms with Crippen LogP contribution in [0, 0.1) is 5.82 Å². The molecular weight excluding hydrogens is 559 g/mol. The molecular formula is C31H33FN4O7. The summed E-state index contributed by atoms with van der Waals surface area (Å²) in [4.78, 5) is 24.5. The highest BCUT2D eigenvalue weighted by atomic mass is 19.1. The van der Waals surface area contributed by atoms with Gasteiger partial charge in [0, 0.05) is 5.70 Å². The zero-order valence-corrected chi connectivity index (χ0v) is 23.9. The molecule has 4 rings (SSSR count). The number of esters is 1. The molecule has 0 saturated heterocycles. The minimum atomic E-state index is -1.14. The van der Waals surface area contributed by atoms with Crippen LogP contribution in [0.4, 0.5) is 9.18 Å². The summed E-state index contributed by atoms with van der Waals surface area (Å²) in [5, 5.41) is 19.7. The molecule has 0 radical (unpaired) electrons. The van der Waals surface area contributed by atoms with Gasteiger partial charge in [0.25, 0.3) is 0 Å². The number of aliphatic hydroxyl groups excluding tert-OH is 1. The molecule has 3 aromatic carbocycles. The number of amides is 2. The number of nitrogens with zero attached hydrogens (tertiary/aromatic N) is 1. The second kappa shape index (κ2) is 14.7. The molecule has 12 heteroatoms. The number of benzene rings is 3. The third-order valence-electron chi connectivity index (χ3n) is 6.28. The van der Waals surface area contributed by atoms with E-state index in [4.69, 9.17) is 18.9 Å². The second-order valence-corrected chi connectivity index (χ2v) is 9.40. The predicted molar refractivity (Wildman–Crippen MR) is 156 cm³/mol. The monoisotopic (exact) mass is 592 g/mol. The molecule has 1 heterocycles. The first-order valence-electron chi connectivity index (χ1n) is 13.5. The number of rotatable bonds is 13. The van der Waals surface area contributed by atoms with Crippen molar-refractivity contribution in [2.45, 2.75) is 32.7 Å². The van der Waals surface area contributed by atoms with Gasteiger partial charge in [-0.1, -0.05) is 18.2 Å². The van der Waals surface area contributed by atoms with Crippen molar-refractivity contribution in [3.8, 4) is 17.2 Å². The Morgan fingerprint density at radius 1 is 1.09 bits per heavy atom. The lowest BCUT2D eigenvalue weighted by Crippen LogP contribution is -2.45. The Kier molecular flexibility index (Phi) is 10.5. The number of allylic oxidation sites excluding steroid dienone is 1. The first-order chi connectivity index (χ1) is 20.8. The molecule has 0 aliphatic carbocycles. The number of hydrogen-bond acceptors (Lipinski definition) is 9. The molecule has 2 atom stereocenters. The quantitative estimate of drug-likeness (QED) is 0.101. The molecule has 0 saturated carbocycles. The smallest absolute Gasteiger partial charge is 0.337 e. The maximum atomic E-state index is 13.3. The maximum Gasteiger partial charge on any atom is 0.337 e. The van der Waals surface area contributed by atoms with E-state index < -0.39 is 24.3 Å². The van der Waals surface area contributed by atoms with Crippen LogP contribution >= 0.6 is 0 Å². The van der Waals surface area contributed by atoms with E-state index in [1.54, 1.807) is 68.4 Å². The third kappa shape index (κ3) is 8.46. The van der Waals surface area contributed by atoms with Crippen LogP contribution in [0.2, 0.25) is 0 Å². The fourth-order valence-electron chi connectivity index (χ4n) is 4.26. The lowest BCUT2D eigenvalue weighted by atomic mass is 9.95. The summed E-state index contributed by atoms with van der Waals surface area (Å²) in [5.74, 6) is 0.449. The normalized spacial score (nSPS) is 15.4. The standard InChI is InChI=1S/C31H33FN4O7/c1-4-41-26-15-22(29-28(30(38)40-3)19(2)34-31(39)35-29)10-13-25(26)43-18-27(37)36-33-16-20-8-11-24(12-9-20)42-17-21-6-5-7-23(32)14-21/h5-16,27,29,36-37H,4,17-18H2,1-3H3,(H2,34,35,39)/b33-16-/t27-,29+/m0/s1. The highest BCUT2D eigenvalue weighted by Crippen LogP contribution is 2.35. The van der Waals surface area contributed by atoms with Crippen molar-refractivity contribution in [1.29, 1.82) is 0 Å². The summed E-state index contributed by atoms with van der Waals surface area (Å²) in [5.41, 5.74) is 5.32. The summed E-state index contributed by atoms with van der Waals surface area (Å²) in [6.07, 6.45) is 0.390. The fraction of sp³-hybridized carbons (Fsp3) is 0.258. The number of halogens is 1. The van der Waals surface area contributed by atoms with Crippen molar-refractivity contribution in [1.82, 2.24) is 16.1 Å². The molecule has 3 aromatic rings. The van der Waals surface area contributed by atoms with Crippen LogP contribution in [-0.4, -0.2) is 49.9 Å². The largest absolute Gasteiger partial charge is 0.490 e. The van der Waals surface area contributed by atoms with Crippen LogP contribution in [0.15, 0.2) is 83.1 Å². The van der Waals surface area contributed by atoms with Crippen molar-refractivity contribution in [3.63, 3.8) is 0 Å². The Morgan fingerprint density at radius 3 is 2.60 bits per heavy atom. The topological polar surface area (TPSA) is 140 Å². The highest BCUT2D eigenvalue weighted by molar-refractivity contribution is 5.95. The molecule has 1 aliphatic heterocycles. The Hall–Kier alpha value is -5.10. The van der Waals surface area contributed by atoms with E-state index in [2.05, 4.69) is 21.2 Å². The molecule has 0 aromatic heterocycles. The SMILES string of the molecule is CCOc1cc([C@H]2NC(=O)NC(C)=C2C(=O)OC)ccc1OC[C@H](O)N/N=C\c1ccc(OCc2cccc(F)c2)cc1. The Balaban J connectivity index is 1.32. The molecule has 0 unspecified atom stereocenters. The average Bonchev–Trinajstić information content (AvgIpc) is 2.99. The van der Waals surface area contributed by atoms with Gasteiger partial charge in [-0.3, -0.25) is 5.43 Å². The number of carbonyl (C=O) groups is 2. The number of ether oxygens (including phenoxy) is 4. The summed E-state index contributed by atoms with van der Waals surface area (Å²) >= 11 is 0. The maximum absolute atomic E-state index is 13.3. The summed E-state index contributed by atoms with van der Waals surface area (Å²) in [6, 6.07) is 17.1. The van der Waals surface area contributed by atoms with E-state index in [9.17, 15) is 19.1 Å². The molecule has 43 heavy (non-hydrogen) atoms. The minimum absolute atomic E-state index is 0.153. The van der Waals surface area contributed by atoms with E-state index in [0.717, 1.165) is 11.1 Å². The lowest BCUT2D eigenvalue weighted by molar-refractivity contribution is -0.136. The third-order valence-corrected chi connectivity index (χ3v) is 6.28. The number of carbonyl (C=O) groups excluding carboxylic acids is 2. The zero-order valence-electron chi connectivity index (χ0n) is 23.9. The Bertz CT molecular complexity index is 1490. The van der Waals surface area contributed by atoms with Crippen LogP contribution in [0.1, 0.15) is 36.6 Å². The van der Waals surface area contributed by atoms with Crippen LogP contribution in [0.3, 0.4) is 0 Å². The van der Waals surface area contributed by atoms with Gasteiger partial charge in [0.1, 0.15) is 24.8 Å². The van der Waals surface area contributed by atoms with E-state index in [0.29, 0.717) is 35.1 Å². The predicted octanol–water partition coefficient (Wildman–Crippen LogP) is 3.93. The van der Waals surface area contributed by atoms with Crippen molar-refractivity contribution in [2.75, 3.05) is 20.3 Å². The average molecular weight is 593 g/mol. The highest BCUT2D eigenvalue weighted by Gasteiger charge is 2.32. The van der Waals surface area contributed by atoms with E-state index in [1.807, 2.05) is 0 Å². The molecule has 0 spiro atoms. The molecule has 4 N–H and O–H groups in total. The number of hydrogen-bond donors (Lipinski definition) is 4. The van der Waals surface area contributed by atoms with Crippen molar-refractivity contribution in [3.05, 3.63) is 101 Å². The van der Waals surface area contributed by atoms with E-state index in [1.165, 1.54) is 25.5 Å². The molecule has 2 amide bonds. The van der Waals surface area contributed by atoms with Gasteiger partial charge in [0.15, 0.2) is 17.7 Å². The molecule has 226 valence electrons. The molecule has 0 fully saturated rings. The number of methoxy groups -OCH3 is 1. The first kappa shape index (κ1) is 30.8. The summed E-state index contributed by atoms with van der Waals surface area (Å²) in [6.45, 7) is 3.85. The first-order valence-corrected chi connectivity index (χ1v) is 13.5. The van der Waals surface area contributed by atoms with Gasteiger partial charge in [-0.15, -0.1) is 0 Å². The van der Waals surface area contributed by atoms with Gasteiger partial charge < -0.3 is 34.7 Å². The fourth-order valence-corrected chi connectivity index (χ4v) is 4.26. The Labute approximate surface area is 248 Å². The number of hydrazone groups is 1. The van der Waals surface area contributed by atoms with Crippen molar-refractivity contribution >= 4 is 18.2 Å². The van der Waals surface area contributed by atoms with Crippen LogP contribution in [0.5, 0.6) is 17.2 Å². The van der Waals surface area contributed by atoms with E-state index >= 15 is 0 Å². The minimum Gasteiger partial charge on any atom is -0.490 e. The van der Waals surface area contributed by atoms with Gasteiger partial charge in [0.05, 0.1) is 31.5 Å². The molecule has 1 aliphatic rings. The molecule has 11 nitrogen and oxygen atoms in total. The van der Waals surface area contributed by atoms with Gasteiger partial charge in [-0.2, -0.15) is 5.10 Å². The van der Waals surface area contributed by atoms with Crippen molar-refractivity contribution < 1.29 is 38.0 Å². The van der Waals surface area contributed by atoms with Crippen LogP contribution in [-0.2, 0) is 16.1 Å². The van der Waals surface area contributed by atoms with Gasteiger partial charge in [0.2, 0.25) is 0 Å². The summed E-state index contributed by atoms with van der Waals surface area (Å²) in [7, 11) is 1.27. The number of nitrogens with one attached hydrogen (secondary N) is 3.